The monoisotopic (exact) mass is 516 g/mol. The minimum atomic E-state index is -3.60. The van der Waals surface area contributed by atoms with Crippen LogP contribution in [0.5, 0.6) is 5.75 Å². The second kappa shape index (κ2) is 10.3. The molecule has 4 unspecified atom stereocenters. The molecule has 4 atom stereocenters. The van der Waals surface area contributed by atoms with Crippen molar-refractivity contribution in [2.75, 3.05) is 18.5 Å². The number of sulfonamides is 1. The van der Waals surface area contributed by atoms with Gasteiger partial charge in [-0.15, -0.1) is 0 Å². The van der Waals surface area contributed by atoms with Crippen LogP contribution >= 0.6 is 0 Å². The van der Waals surface area contributed by atoms with Crippen LogP contribution in [-0.2, 0) is 21.4 Å². The van der Waals surface area contributed by atoms with Gasteiger partial charge in [-0.2, -0.15) is 0 Å². The van der Waals surface area contributed by atoms with E-state index in [0.29, 0.717) is 30.6 Å². The van der Waals surface area contributed by atoms with Crippen LogP contribution in [0.4, 0.5) is 5.69 Å². The molecule has 2 N–H and O–H groups in total. The molecule has 0 amide bonds. The van der Waals surface area contributed by atoms with Gasteiger partial charge in [0.25, 0.3) is 0 Å². The highest BCUT2D eigenvalue weighted by Crippen LogP contribution is 2.50. The standard InChI is InChI=1S/C30H32N2O4S/c33-37(34,31-19-24-8-5-17-35-24)25-15-16-29-28(18-25)26-9-4-10-27(26)30(32-29)22-11-13-23(14-12-22)36-20-21-6-2-1-3-7-21/h1-4,6-7,9,11-16,18,24,26-27,30-32H,5,8,10,17,19-20H2. The van der Waals surface area contributed by atoms with Gasteiger partial charge in [-0.3, -0.25) is 0 Å². The van der Waals surface area contributed by atoms with E-state index in [4.69, 9.17) is 9.47 Å². The van der Waals surface area contributed by atoms with Gasteiger partial charge >= 0.3 is 0 Å². The molecule has 0 aromatic heterocycles. The molecule has 3 aromatic rings. The van der Waals surface area contributed by atoms with Crippen molar-refractivity contribution in [2.45, 2.75) is 48.8 Å². The molecular weight excluding hydrogens is 484 g/mol. The average Bonchev–Trinajstić information content (AvgIpc) is 3.64. The molecule has 7 heteroatoms. The molecule has 6 rings (SSSR count). The summed E-state index contributed by atoms with van der Waals surface area (Å²) in [6.45, 7) is 1.56. The Morgan fingerprint density at radius 2 is 1.86 bits per heavy atom. The number of fused-ring (bicyclic) bond motifs is 3. The number of rotatable bonds is 8. The maximum Gasteiger partial charge on any atom is 0.240 e. The number of nitrogens with one attached hydrogen (secondary N) is 2. The Hall–Kier alpha value is -3.13. The van der Waals surface area contributed by atoms with Crippen LogP contribution < -0.4 is 14.8 Å². The smallest absolute Gasteiger partial charge is 0.240 e. The van der Waals surface area contributed by atoms with Gasteiger partial charge in [0.15, 0.2) is 0 Å². The van der Waals surface area contributed by atoms with E-state index < -0.39 is 10.0 Å². The molecular formula is C30H32N2O4S. The Kier molecular flexibility index (Phi) is 6.76. The number of anilines is 1. The molecule has 0 spiro atoms. The maximum absolute atomic E-state index is 13.0. The van der Waals surface area contributed by atoms with Crippen molar-refractivity contribution in [1.29, 1.82) is 0 Å². The Bertz CT molecular complexity index is 1370. The predicted molar refractivity (Wildman–Crippen MR) is 144 cm³/mol. The number of ether oxygens (including phenoxy) is 2. The molecule has 6 nitrogen and oxygen atoms in total. The average molecular weight is 517 g/mol. The normalized spacial score (nSPS) is 24.3. The fourth-order valence-corrected chi connectivity index (χ4v) is 6.77. The molecule has 0 saturated carbocycles. The van der Waals surface area contributed by atoms with Crippen molar-refractivity contribution in [3.8, 4) is 5.75 Å². The fraction of sp³-hybridized carbons (Fsp3) is 0.333. The van der Waals surface area contributed by atoms with Crippen LogP contribution in [0.25, 0.3) is 0 Å². The lowest BCUT2D eigenvalue weighted by atomic mass is 9.77. The van der Waals surface area contributed by atoms with E-state index in [1.165, 1.54) is 5.56 Å². The van der Waals surface area contributed by atoms with Gasteiger partial charge in [0, 0.05) is 24.8 Å². The number of hydrogen-bond donors (Lipinski definition) is 2. The minimum absolute atomic E-state index is 0.0351. The summed E-state index contributed by atoms with van der Waals surface area (Å²) in [5, 5.41) is 3.70. The lowest BCUT2D eigenvalue weighted by Crippen LogP contribution is -2.32. The topological polar surface area (TPSA) is 76.7 Å². The van der Waals surface area contributed by atoms with Crippen molar-refractivity contribution in [3.63, 3.8) is 0 Å². The second-order valence-corrected chi connectivity index (χ2v) is 11.8. The molecule has 0 bridgehead atoms. The molecule has 37 heavy (non-hydrogen) atoms. The third-order valence-corrected chi connectivity index (χ3v) is 9.08. The Labute approximate surface area is 218 Å². The van der Waals surface area contributed by atoms with E-state index >= 15 is 0 Å². The first kappa shape index (κ1) is 24.2. The van der Waals surface area contributed by atoms with Crippen molar-refractivity contribution in [1.82, 2.24) is 4.72 Å². The Morgan fingerprint density at radius 1 is 1.03 bits per heavy atom. The van der Waals surface area contributed by atoms with Gasteiger partial charge in [-0.1, -0.05) is 54.6 Å². The molecule has 3 aromatic carbocycles. The highest BCUT2D eigenvalue weighted by atomic mass is 32.2. The highest BCUT2D eigenvalue weighted by Gasteiger charge is 2.38. The van der Waals surface area contributed by atoms with Gasteiger partial charge in [0.05, 0.1) is 17.0 Å². The first-order valence-corrected chi connectivity index (χ1v) is 14.5. The number of benzene rings is 3. The van der Waals surface area contributed by atoms with Crippen LogP contribution in [0.3, 0.4) is 0 Å². The number of hydrogen-bond acceptors (Lipinski definition) is 5. The van der Waals surface area contributed by atoms with Gasteiger partial charge in [0.1, 0.15) is 12.4 Å². The predicted octanol–water partition coefficient (Wildman–Crippen LogP) is 5.55. The van der Waals surface area contributed by atoms with Gasteiger partial charge in [-0.05, 0) is 72.2 Å². The summed E-state index contributed by atoms with van der Waals surface area (Å²) in [6.07, 6.45) is 7.23. The van der Waals surface area contributed by atoms with Crippen LogP contribution in [0.1, 0.15) is 47.9 Å². The summed E-state index contributed by atoms with van der Waals surface area (Å²) in [7, 11) is -3.60. The molecule has 2 aliphatic heterocycles. The first-order chi connectivity index (χ1) is 18.1. The fourth-order valence-electron chi connectivity index (χ4n) is 5.67. The van der Waals surface area contributed by atoms with Crippen molar-refractivity contribution < 1.29 is 17.9 Å². The molecule has 1 aliphatic carbocycles. The Morgan fingerprint density at radius 3 is 2.65 bits per heavy atom. The molecule has 1 saturated heterocycles. The molecule has 2 heterocycles. The minimum Gasteiger partial charge on any atom is -0.489 e. The molecule has 0 radical (unpaired) electrons. The summed E-state index contributed by atoms with van der Waals surface area (Å²) < 4.78 is 40.3. The summed E-state index contributed by atoms with van der Waals surface area (Å²) in [6, 6.07) is 24.0. The van der Waals surface area contributed by atoms with Crippen LogP contribution in [-0.4, -0.2) is 27.7 Å². The summed E-state index contributed by atoms with van der Waals surface area (Å²) >= 11 is 0. The van der Waals surface area contributed by atoms with Crippen LogP contribution in [0.15, 0.2) is 89.8 Å². The van der Waals surface area contributed by atoms with E-state index in [1.807, 2.05) is 42.5 Å². The summed E-state index contributed by atoms with van der Waals surface area (Å²) in [5.41, 5.74) is 4.37. The third kappa shape index (κ3) is 5.17. The van der Waals surface area contributed by atoms with Gasteiger partial charge < -0.3 is 14.8 Å². The Balaban J connectivity index is 1.18. The zero-order chi connectivity index (χ0) is 25.2. The molecule has 1 fully saturated rings. The largest absolute Gasteiger partial charge is 0.489 e. The van der Waals surface area contributed by atoms with E-state index in [0.717, 1.165) is 41.8 Å². The molecule has 3 aliphatic rings. The maximum atomic E-state index is 13.0. The first-order valence-electron chi connectivity index (χ1n) is 13.0. The third-order valence-electron chi connectivity index (χ3n) is 7.66. The van der Waals surface area contributed by atoms with Crippen molar-refractivity contribution in [3.05, 3.63) is 102 Å². The summed E-state index contributed by atoms with van der Waals surface area (Å²) in [5.74, 6) is 1.33. The van der Waals surface area contributed by atoms with Crippen LogP contribution in [0, 0.1) is 5.92 Å². The van der Waals surface area contributed by atoms with E-state index in [-0.39, 0.29) is 18.1 Å². The SMILES string of the molecule is O=S(=O)(NCC1CCCO1)c1ccc2c(c1)C1C=CCC1C(c1ccc(OCc3ccccc3)cc1)N2. The van der Waals surface area contributed by atoms with Crippen LogP contribution in [0.2, 0.25) is 0 Å². The molecule has 192 valence electrons. The van der Waals surface area contributed by atoms with E-state index in [9.17, 15) is 8.42 Å². The lowest BCUT2D eigenvalue weighted by Gasteiger charge is -2.37. The van der Waals surface area contributed by atoms with E-state index in [2.05, 4.69) is 46.5 Å². The van der Waals surface area contributed by atoms with Crippen molar-refractivity contribution >= 4 is 15.7 Å². The van der Waals surface area contributed by atoms with Crippen molar-refractivity contribution in [2.24, 2.45) is 5.92 Å². The van der Waals surface area contributed by atoms with Gasteiger partial charge in [-0.25, -0.2) is 13.1 Å². The summed E-state index contributed by atoms with van der Waals surface area (Å²) in [4.78, 5) is 0.309. The zero-order valence-electron chi connectivity index (χ0n) is 20.7. The number of allylic oxidation sites excluding steroid dienone is 2. The highest BCUT2D eigenvalue weighted by molar-refractivity contribution is 7.89. The van der Waals surface area contributed by atoms with Gasteiger partial charge in [0.2, 0.25) is 10.0 Å². The zero-order valence-corrected chi connectivity index (χ0v) is 21.5. The quantitative estimate of drug-likeness (QED) is 0.384. The second-order valence-electron chi connectivity index (χ2n) is 10.1. The van der Waals surface area contributed by atoms with E-state index in [1.54, 1.807) is 6.07 Å². The lowest BCUT2D eigenvalue weighted by molar-refractivity contribution is 0.114.